The van der Waals surface area contributed by atoms with Crippen LogP contribution in [0.5, 0.6) is 0 Å². The summed E-state index contributed by atoms with van der Waals surface area (Å²) in [6.07, 6.45) is -0.587. The third kappa shape index (κ3) is 5.82. The minimum Gasteiger partial charge on any atom is -0.443 e. The average molecular weight is 391 g/mol. The Bertz CT molecular complexity index is 889. The number of hydrazine groups is 1. The van der Waals surface area contributed by atoms with E-state index in [1.807, 2.05) is 91.0 Å². The molecule has 3 aromatic carbocycles. The molecule has 0 aromatic heterocycles. The number of para-hydroxylation sites is 1. The number of rotatable bonds is 5. The van der Waals surface area contributed by atoms with Gasteiger partial charge in [-0.1, -0.05) is 78.9 Å². The van der Waals surface area contributed by atoms with E-state index in [0.717, 1.165) is 16.8 Å². The van der Waals surface area contributed by atoms with Crippen molar-refractivity contribution >= 4 is 29.1 Å². The van der Waals surface area contributed by atoms with Crippen LogP contribution in [0.1, 0.15) is 11.1 Å². The summed E-state index contributed by atoms with van der Waals surface area (Å²) in [6.45, 7) is 0.725. The summed E-state index contributed by atoms with van der Waals surface area (Å²) in [5.74, 6) is 0. The van der Waals surface area contributed by atoms with Crippen LogP contribution in [-0.4, -0.2) is 11.2 Å². The second kappa shape index (κ2) is 10.1. The Kier molecular flexibility index (Phi) is 6.98. The Morgan fingerprint density at radius 3 is 1.96 bits per heavy atom. The fraction of sp³-hybridized carbons (Fsp3) is 0.0909. The maximum atomic E-state index is 12.3. The van der Waals surface area contributed by atoms with Gasteiger partial charge < -0.3 is 10.1 Å². The highest BCUT2D eigenvalue weighted by Crippen LogP contribution is 2.12. The fourth-order valence-corrected chi connectivity index (χ4v) is 2.73. The zero-order chi connectivity index (χ0) is 19.6. The summed E-state index contributed by atoms with van der Waals surface area (Å²) in [4.78, 5) is 12.3. The molecule has 0 saturated heterocycles. The molecule has 0 spiro atoms. The van der Waals surface area contributed by atoms with E-state index < -0.39 is 6.09 Å². The molecule has 1 amide bonds. The van der Waals surface area contributed by atoms with Gasteiger partial charge in [0, 0.05) is 6.54 Å². The van der Waals surface area contributed by atoms with E-state index in [1.54, 1.807) is 0 Å². The Hall–Kier alpha value is -3.38. The third-order valence-corrected chi connectivity index (χ3v) is 4.25. The van der Waals surface area contributed by atoms with Crippen LogP contribution >= 0.6 is 12.2 Å². The van der Waals surface area contributed by atoms with Crippen molar-refractivity contribution in [3.63, 3.8) is 0 Å². The number of nitrogens with one attached hydrogen (secondary N) is 2. The van der Waals surface area contributed by atoms with E-state index in [2.05, 4.69) is 10.7 Å². The second-order valence-electron chi connectivity index (χ2n) is 5.99. The molecule has 0 atom stereocenters. The minimum absolute atomic E-state index is 0.180. The molecule has 3 aromatic rings. The van der Waals surface area contributed by atoms with Gasteiger partial charge in [-0.25, -0.2) is 15.2 Å². The zero-order valence-corrected chi connectivity index (χ0v) is 16.1. The predicted molar refractivity (Wildman–Crippen MR) is 115 cm³/mol. The van der Waals surface area contributed by atoms with Gasteiger partial charge in [-0.05, 0) is 35.5 Å². The van der Waals surface area contributed by atoms with Gasteiger partial charge in [-0.3, -0.25) is 0 Å². The molecule has 0 fully saturated rings. The highest BCUT2D eigenvalue weighted by molar-refractivity contribution is 7.80. The summed E-state index contributed by atoms with van der Waals surface area (Å²) >= 11 is 5.50. The van der Waals surface area contributed by atoms with Crippen molar-refractivity contribution in [3.05, 3.63) is 102 Å². The maximum absolute atomic E-state index is 12.3. The normalized spacial score (nSPS) is 10.0. The van der Waals surface area contributed by atoms with E-state index in [9.17, 15) is 4.79 Å². The van der Waals surface area contributed by atoms with Gasteiger partial charge in [0.2, 0.25) is 0 Å². The number of amides is 1. The highest BCUT2D eigenvalue weighted by Gasteiger charge is 2.16. The number of ether oxygens (including phenoxy) is 1. The van der Waals surface area contributed by atoms with Crippen LogP contribution in [0, 0.1) is 0 Å². The van der Waals surface area contributed by atoms with Gasteiger partial charge in [0.15, 0.2) is 5.11 Å². The van der Waals surface area contributed by atoms with E-state index >= 15 is 0 Å². The number of carbonyl (C=O) groups is 1. The first-order valence-electron chi connectivity index (χ1n) is 8.86. The summed E-state index contributed by atoms with van der Waals surface area (Å²) < 4.78 is 5.31. The summed E-state index contributed by atoms with van der Waals surface area (Å²) in [6, 6.07) is 28.8. The minimum atomic E-state index is -0.587. The molecule has 2 N–H and O–H groups in total. The molecule has 0 saturated carbocycles. The molecule has 142 valence electrons. The Labute approximate surface area is 169 Å². The first-order valence-corrected chi connectivity index (χ1v) is 9.27. The maximum Gasteiger partial charge on any atom is 0.426 e. The number of benzene rings is 3. The molecule has 28 heavy (non-hydrogen) atoms. The number of carbonyl (C=O) groups excluding carboxylic acids is 1. The smallest absolute Gasteiger partial charge is 0.426 e. The summed E-state index contributed by atoms with van der Waals surface area (Å²) in [5.41, 5.74) is 5.43. The van der Waals surface area contributed by atoms with Crippen LogP contribution in [-0.2, 0) is 17.9 Å². The van der Waals surface area contributed by atoms with Crippen LogP contribution in [0.25, 0.3) is 0 Å². The van der Waals surface area contributed by atoms with E-state index in [0.29, 0.717) is 11.7 Å². The lowest BCUT2D eigenvalue weighted by atomic mass is 10.2. The zero-order valence-electron chi connectivity index (χ0n) is 15.2. The predicted octanol–water partition coefficient (Wildman–Crippen LogP) is 4.41. The van der Waals surface area contributed by atoms with Crippen molar-refractivity contribution in [3.8, 4) is 0 Å². The molecule has 0 radical (unpaired) electrons. The Morgan fingerprint density at radius 2 is 1.36 bits per heavy atom. The Morgan fingerprint density at radius 1 is 0.821 bits per heavy atom. The van der Waals surface area contributed by atoms with E-state index in [1.165, 1.54) is 5.01 Å². The van der Waals surface area contributed by atoms with Gasteiger partial charge in [0.25, 0.3) is 0 Å². The van der Waals surface area contributed by atoms with Gasteiger partial charge >= 0.3 is 6.09 Å². The number of hydrogen-bond acceptors (Lipinski definition) is 3. The number of thiocarbonyl (C=S) groups is 1. The van der Waals surface area contributed by atoms with Crippen LogP contribution in [0.15, 0.2) is 91.0 Å². The largest absolute Gasteiger partial charge is 0.443 e. The second-order valence-corrected chi connectivity index (χ2v) is 6.38. The topological polar surface area (TPSA) is 53.6 Å². The molecular weight excluding hydrogens is 370 g/mol. The van der Waals surface area contributed by atoms with E-state index in [4.69, 9.17) is 17.0 Å². The number of hydrogen-bond donors (Lipinski definition) is 2. The molecule has 6 heteroatoms. The van der Waals surface area contributed by atoms with Crippen molar-refractivity contribution in [1.29, 1.82) is 0 Å². The van der Waals surface area contributed by atoms with Crippen LogP contribution < -0.4 is 15.8 Å². The Balaban J connectivity index is 1.63. The van der Waals surface area contributed by atoms with Crippen LogP contribution in [0.3, 0.4) is 0 Å². The first-order chi connectivity index (χ1) is 13.7. The van der Waals surface area contributed by atoms with Crippen molar-refractivity contribution in [2.24, 2.45) is 0 Å². The molecule has 0 heterocycles. The standard InChI is InChI=1S/C22H21N3O2S/c26-22(27-17-19-12-6-2-7-13-19)24-25(20-14-8-3-9-15-20)21(28)23-16-18-10-4-1-5-11-18/h1-15H,16-17H2,(H,23,28)(H,24,26). The van der Waals surface area contributed by atoms with Gasteiger partial charge in [0.05, 0.1) is 5.69 Å². The van der Waals surface area contributed by atoms with Crippen LogP contribution in [0.4, 0.5) is 10.5 Å². The summed E-state index contributed by atoms with van der Waals surface area (Å²) in [7, 11) is 0. The SMILES string of the molecule is O=C(NN(C(=S)NCc1ccccc1)c1ccccc1)OCc1ccccc1. The van der Waals surface area contributed by atoms with Crippen molar-refractivity contribution in [2.75, 3.05) is 5.01 Å². The molecule has 0 unspecified atom stereocenters. The lowest BCUT2D eigenvalue weighted by molar-refractivity contribution is 0.140. The quantitative estimate of drug-likeness (QED) is 0.498. The average Bonchev–Trinajstić information content (AvgIpc) is 2.76. The van der Waals surface area contributed by atoms with E-state index in [-0.39, 0.29) is 6.61 Å². The highest BCUT2D eigenvalue weighted by atomic mass is 32.1. The molecule has 5 nitrogen and oxygen atoms in total. The third-order valence-electron chi connectivity index (χ3n) is 3.92. The molecule has 0 bridgehead atoms. The molecule has 0 aliphatic heterocycles. The summed E-state index contributed by atoms with van der Waals surface area (Å²) in [5, 5.41) is 5.04. The number of anilines is 1. The van der Waals surface area contributed by atoms with Crippen LogP contribution in [0.2, 0.25) is 0 Å². The molecule has 0 aliphatic carbocycles. The van der Waals surface area contributed by atoms with Crippen molar-refractivity contribution in [2.45, 2.75) is 13.2 Å². The lowest BCUT2D eigenvalue weighted by Gasteiger charge is -2.26. The molecule has 3 rings (SSSR count). The monoisotopic (exact) mass is 391 g/mol. The first kappa shape index (κ1) is 19.4. The van der Waals surface area contributed by atoms with Crippen molar-refractivity contribution < 1.29 is 9.53 Å². The lowest BCUT2D eigenvalue weighted by Crippen LogP contribution is -2.50. The molecular formula is C22H21N3O2S. The van der Waals surface area contributed by atoms with Gasteiger partial charge in [-0.15, -0.1) is 0 Å². The van der Waals surface area contributed by atoms with Gasteiger partial charge in [0.1, 0.15) is 6.61 Å². The fourth-order valence-electron chi connectivity index (χ4n) is 2.51. The van der Waals surface area contributed by atoms with Crippen molar-refractivity contribution in [1.82, 2.24) is 10.7 Å². The number of nitrogens with zero attached hydrogens (tertiary/aromatic N) is 1. The van der Waals surface area contributed by atoms with Gasteiger partial charge in [-0.2, -0.15) is 0 Å². The molecule has 0 aliphatic rings.